The van der Waals surface area contributed by atoms with Crippen LogP contribution in [0.4, 0.5) is 13.2 Å². The highest BCUT2D eigenvalue weighted by molar-refractivity contribution is 6.26. The normalized spacial score (nSPS) is 21.2. The number of allylic oxidation sites excluding steroid dienone is 3. The first-order valence-electron chi connectivity index (χ1n) is 3.24. The second-order valence-corrected chi connectivity index (χ2v) is 2.36. The van der Waals surface area contributed by atoms with Crippen LogP contribution in [0.15, 0.2) is 33.4 Å². The van der Waals surface area contributed by atoms with E-state index in [2.05, 4.69) is 9.98 Å². The molecule has 0 atom stereocenters. The van der Waals surface area contributed by atoms with E-state index in [1.165, 1.54) is 0 Å². The molecule has 13 heavy (non-hydrogen) atoms. The van der Waals surface area contributed by atoms with Crippen LogP contribution in [0.2, 0.25) is 0 Å². The molecule has 3 nitrogen and oxygen atoms in total. The smallest absolute Gasteiger partial charge is 0.283 e. The SMILES string of the molecule is O=C1C(F)=CC2=NC(F)=NC2=C1F. The summed E-state index contributed by atoms with van der Waals surface area (Å²) in [5.41, 5.74) is -0.837. The number of rotatable bonds is 0. The Morgan fingerprint density at radius 1 is 1.15 bits per heavy atom. The molecule has 0 spiro atoms. The van der Waals surface area contributed by atoms with Crippen molar-refractivity contribution < 1.29 is 18.0 Å². The van der Waals surface area contributed by atoms with Crippen molar-refractivity contribution in [2.75, 3.05) is 0 Å². The molecule has 1 aliphatic carbocycles. The number of fused-ring (bicyclic) bond motifs is 1. The molecule has 66 valence electrons. The average Bonchev–Trinajstić information content (AvgIpc) is 2.42. The summed E-state index contributed by atoms with van der Waals surface area (Å²) in [5.74, 6) is -4.14. The van der Waals surface area contributed by atoms with Gasteiger partial charge in [-0.2, -0.15) is 9.38 Å². The standard InChI is InChI=1S/C7HF3N2O/c8-2-1-3-5(4(9)6(2)13)12-7(10)11-3/h1H. The summed E-state index contributed by atoms with van der Waals surface area (Å²) in [6.07, 6.45) is -0.532. The largest absolute Gasteiger partial charge is 0.309 e. The Morgan fingerprint density at radius 3 is 2.54 bits per heavy atom. The van der Waals surface area contributed by atoms with E-state index in [1.54, 1.807) is 0 Å². The Kier molecular flexibility index (Phi) is 1.45. The van der Waals surface area contributed by atoms with E-state index in [1.807, 2.05) is 0 Å². The summed E-state index contributed by atoms with van der Waals surface area (Å²) < 4.78 is 37.8. The zero-order chi connectivity index (χ0) is 9.59. The molecular weight excluding hydrogens is 185 g/mol. The highest BCUT2D eigenvalue weighted by atomic mass is 19.1. The molecule has 1 heterocycles. The van der Waals surface area contributed by atoms with E-state index < -0.39 is 29.2 Å². The summed E-state index contributed by atoms with van der Waals surface area (Å²) in [6, 6.07) is 0. The molecule has 0 radical (unpaired) electrons. The second kappa shape index (κ2) is 2.38. The zero-order valence-electron chi connectivity index (χ0n) is 6.01. The van der Waals surface area contributed by atoms with E-state index in [0.29, 0.717) is 6.08 Å². The second-order valence-electron chi connectivity index (χ2n) is 2.36. The van der Waals surface area contributed by atoms with E-state index in [9.17, 15) is 18.0 Å². The number of amidine groups is 1. The minimum absolute atomic E-state index is 0.299. The van der Waals surface area contributed by atoms with E-state index in [-0.39, 0.29) is 5.71 Å². The van der Waals surface area contributed by atoms with Gasteiger partial charge < -0.3 is 0 Å². The van der Waals surface area contributed by atoms with Gasteiger partial charge in [-0.25, -0.2) is 13.8 Å². The van der Waals surface area contributed by atoms with Crippen molar-refractivity contribution in [1.82, 2.24) is 0 Å². The van der Waals surface area contributed by atoms with Gasteiger partial charge in [-0.1, -0.05) is 0 Å². The lowest BCUT2D eigenvalue weighted by atomic mass is 10.1. The van der Waals surface area contributed by atoms with Crippen molar-refractivity contribution in [2.24, 2.45) is 9.98 Å². The van der Waals surface area contributed by atoms with Gasteiger partial charge in [-0.15, -0.1) is 0 Å². The van der Waals surface area contributed by atoms with Crippen LogP contribution < -0.4 is 0 Å². The molecule has 0 amide bonds. The van der Waals surface area contributed by atoms with Gasteiger partial charge in [0, 0.05) is 6.08 Å². The van der Waals surface area contributed by atoms with Crippen molar-refractivity contribution in [3.8, 4) is 0 Å². The highest BCUT2D eigenvalue weighted by Crippen LogP contribution is 2.26. The van der Waals surface area contributed by atoms with Gasteiger partial charge in [0.15, 0.2) is 5.83 Å². The number of carbonyl (C=O) groups excluding carboxylic acids is 1. The van der Waals surface area contributed by atoms with Crippen LogP contribution >= 0.6 is 0 Å². The van der Waals surface area contributed by atoms with Gasteiger partial charge in [-0.3, -0.25) is 4.79 Å². The van der Waals surface area contributed by atoms with E-state index in [4.69, 9.17) is 0 Å². The lowest BCUT2D eigenvalue weighted by molar-refractivity contribution is -0.115. The average molecular weight is 186 g/mol. The predicted molar refractivity (Wildman–Crippen MR) is 38.3 cm³/mol. The predicted octanol–water partition coefficient (Wildman–Crippen LogP) is 1.38. The number of nitrogens with zero attached hydrogens (tertiary/aromatic N) is 2. The third kappa shape index (κ3) is 1.02. The van der Waals surface area contributed by atoms with Gasteiger partial charge in [0.1, 0.15) is 5.70 Å². The first-order valence-corrected chi connectivity index (χ1v) is 3.24. The van der Waals surface area contributed by atoms with Crippen molar-refractivity contribution in [1.29, 1.82) is 0 Å². The minimum Gasteiger partial charge on any atom is -0.283 e. The summed E-state index contributed by atoms with van der Waals surface area (Å²) >= 11 is 0. The number of ketones is 1. The topological polar surface area (TPSA) is 41.8 Å². The molecule has 2 aliphatic rings. The van der Waals surface area contributed by atoms with E-state index >= 15 is 0 Å². The maximum absolute atomic E-state index is 12.9. The Hall–Kier alpha value is -1.72. The highest BCUT2D eigenvalue weighted by Gasteiger charge is 2.31. The van der Waals surface area contributed by atoms with Crippen LogP contribution in [0.25, 0.3) is 0 Å². The van der Waals surface area contributed by atoms with Crippen LogP contribution in [0, 0.1) is 0 Å². The summed E-state index contributed by atoms with van der Waals surface area (Å²) in [6.45, 7) is 0. The number of hydrogen-bond acceptors (Lipinski definition) is 3. The Balaban J connectivity index is 2.61. The lowest BCUT2D eigenvalue weighted by Gasteiger charge is -2.03. The first-order chi connectivity index (χ1) is 6.09. The van der Waals surface area contributed by atoms with Gasteiger partial charge in [-0.05, 0) is 0 Å². The monoisotopic (exact) mass is 186 g/mol. The van der Waals surface area contributed by atoms with Crippen molar-refractivity contribution in [3.63, 3.8) is 0 Å². The molecule has 2 rings (SSSR count). The first kappa shape index (κ1) is 7.90. The number of halogens is 3. The Bertz CT molecular complexity index is 431. The van der Waals surface area contributed by atoms with Crippen LogP contribution in [-0.4, -0.2) is 17.6 Å². The van der Waals surface area contributed by atoms with Crippen molar-refractivity contribution >= 4 is 17.6 Å². The number of hydrogen-bond donors (Lipinski definition) is 0. The summed E-state index contributed by atoms with van der Waals surface area (Å²) in [4.78, 5) is 16.7. The molecule has 1 aliphatic heterocycles. The minimum atomic E-state index is -1.42. The van der Waals surface area contributed by atoms with Crippen LogP contribution in [0.3, 0.4) is 0 Å². The molecule has 0 aromatic heterocycles. The fourth-order valence-corrected chi connectivity index (χ4v) is 0.987. The molecular formula is C7HF3N2O. The zero-order valence-corrected chi connectivity index (χ0v) is 6.01. The molecule has 0 bridgehead atoms. The maximum atomic E-state index is 12.9. The third-order valence-corrected chi connectivity index (χ3v) is 1.55. The molecule has 0 saturated carbocycles. The Morgan fingerprint density at radius 2 is 1.85 bits per heavy atom. The van der Waals surface area contributed by atoms with Crippen LogP contribution in [-0.2, 0) is 4.79 Å². The fourth-order valence-electron chi connectivity index (χ4n) is 0.987. The molecule has 0 unspecified atom stereocenters. The van der Waals surface area contributed by atoms with Crippen LogP contribution in [0.5, 0.6) is 0 Å². The van der Waals surface area contributed by atoms with Gasteiger partial charge >= 0.3 is 6.09 Å². The molecule has 0 fully saturated rings. The molecule has 6 heteroatoms. The van der Waals surface area contributed by atoms with Crippen molar-refractivity contribution in [2.45, 2.75) is 0 Å². The lowest BCUT2D eigenvalue weighted by Crippen LogP contribution is -2.12. The summed E-state index contributed by atoms with van der Waals surface area (Å²) in [5, 5.41) is 0. The van der Waals surface area contributed by atoms with Crippen LogP contribution in [0.1, 0.15) is 0 Å². The van der Waals surface area contributed by atoms with Gasteiger partial charge in [0.05, 0.1) is 5.71 Å². The molecule has 0 aromatic rings. The molecule has 0 aromatic carbocycles. The van der Waals surface area contributed by atoms with E-state index in [0.717, 1.165) is 0 Å². The summed E-state index contributed by atoms with van der Waals surface area (Å²) in [7, 11) is 0. The Labute approximate surface area is 70.0 Å². The van der Waals surface area contributed by atoms with Gasteiger partial charge in [0.25, 0.3) is 5.78 Å². The quantitative estimate of drug-likeness (QED) is 0.416. The fraction of sp³-hybridized carbons (Fsp3) is 0. The van der Waals surface area contributed by atoms with Gasteiger partial charge in [0.2, 0.25) is 5.83 Å². The molecule has 0 N–H and O–H groups in total. The number of Topliss-reactive ketones (excluding diaryl/α,β-unsaturated/α-hetero) is 1. The maximum Gasteiger partial charge on any atom is 0.309 e. The third-order valence-electron chi connectivity index (χ3n) is 1.55. The number of carbonyl (C=O) groups is 1. The van der Waals surface area contributed by atoms with Crippen molar-refractivity contribution in [3.05, 3.63) is 23.4 Å². The molecule has 0 saturated heterocycles. The number of aliphatic imine (C=N–C) groups is 2.